The van der Waals surface area contributed by atoms with Crippen LogP contribution in [-0.2, 0) is 14.3 Å². The Labute approximate surface area is 191 Å². The number of benzene rings is 1. The lowest BCUT2D eigenvalue weighted by atomic mass is 10.0. The van der Waals surface area contributed by atoms with Crippen LogP contribution in [0, 0.1) is 0 Å². The van der Waals surface area contributed by atoms with E-state index in [0.29, 0.717) is 18.7 Å². The van der Waals surface area contributed by atoms with E-state index in [0.717, 1.165) is 19.3 Å². The molecule has 0 spiro atoms. The quantitative estimate of drug-likeness (QED) is 0.354. The van der Waals surface area contributed by atoms with Crippen LogP contribution in [0.5, 0.6) is 0 Å². The Kier molecular flexibility index (Phi) is 11.5. The molecule has 1 aromatic carbocycles. The number of amides is 3. The van der Waals surface area contributed by atoms with Gasteiger partial charge >= 0.3 is 6.09 Å². The second kappa shape index (κ2) is 13.2. The molecule has 0 saturated carbocycles. The van der Waals surface area contributed by atoms with E-state index in [9.17, 15) is 14.4 Å². The maximum atomic E-state index is 13.3. The molecule has 0 heterocycles. The molecule has 2 N–H and O–H groups in total. The maximum absolute atomic E-state index is 13.3. The third-order valence-corrected chi connectivity index (χ3v) is 4.92. The minimum Gasteiger partial charge on any atom is -0.444 e. The highest BCUT2D eigenvalue weighted by Gasteiger charge is 2.34. The smallest absolute Gasteiger partial charge is 0.408 e. The van der Waals surface area contributed by atoms with Gasteiger partial charge in [-0.3, -0.25) is 9.59 Å². The monoisotopic (exact) mass is 451 g/mol. The predicted molar refractivity (Wildman–Crippen MR) is 126 cm³/mol. The average molecular weight is 452 g/mol. The van der Waals surface area contributed by atoms with E-state index in [-0.39, 0.29) is 17.6 Å². The summed E-state index contributed by atoms with van der Waals surface area (Å²) in [6.45, 7) is 9.99. The van der Waals surface area contributed by atoms with Crippen LogP contribution in [0.1, 0.15) is 65.5 Å². The summed E-state index contributed by atoms with van der Waals surface area (Å²) in [7, 11) is 0. The SMILES string of the molecule is CCCCCNC(=O)C(c1ccccc1)N(CC)C(=O)C(CS)NC(=O)OC(C)(C)C. The van der Waals surface area contributed by atoms with Crippen molar-refractivity contribution in [1.29, 1.82) is 0 Å². The van der Waals surface area contributed by atoms with Gasteiger partial charge in [-0.1, -0.05) is 50.1 Å². The van der Waals surface area contributed by atoms with Crippen molar-refractivity contribution in [1.82, 2.24) is 15.5 Å². The number of nitrogens with one attached hydrogen (secondary N) is 2. The Balaban J connectivity index is 3.08. The van der Waals surface area contributed by atoms with Crippen LogP contribution in [0.4, 0.5) is 4.79 Å². The average Bonchev–Trinajstić information content (AvgIpc) is 2.72. The summed E-state index contributed by atoms with van der Waals surface area (Å²) in [6.07, 6.45) is 2.26. The number of thiol groups is 1. The number of likely N-dealkylation sites (N-methyl/N-ethyl adjacent to an activating group) is 1. The molecule has 31 heavy (non-hydrogen) atoms. The van der Waals surface area contributed by atoms with Crippen LogP contribution < -0.4 is 10.6 Å². The van der Waals surface area contributed by atoms with Gasteiger partial charge in [-0.2, -0.15) is 12.6 Å². The molecule has 1 aromatic rings. The summed E-state index contributed by atoms with van der Waals surface area (Å²) in [5.41, 5.74) is 0.0183. The fourth-order valence-corrected chi connectivity index (χ4v) is 3.34. The molecule has 2 atom stereocenters. The van der Waals surface area contributed by atoms with E-state index in [1.165, 1.54) is 4.90 Å². The van der Waals surface area contributed by atoms with Gasteiger partial charge < -0.3 is 20.3 Å². The van der Waals surface area contributed by atoms with Gasteiger partial charge in [0.1, 0.15) is 17.7 Å². The molecule has 7 nitrogen and oxygen atoms in total. The molecule has 174 valence electrons. The van der Waals surface area contributed by atoms with E-state index in [4.69, 9.17) is 4.74 Å². The summed E-state index contributed by atoms with van der Waals surface area (Å²) in [5.74, 6) is -0.553. The number of carbonyl (C=O) groups excluding carboxylic acids is 3. The number of carbonyl (C=O) groups is 3. The molecule has 0 fully saturated rings. The van der Waals surface area contributed by atoms with E-state index >= 15 is 0 Å². The molecule has 3 amide bonds. The first-order valence-corrected chi connectivity index (χ1v) is 11.5. The molecule has 2 unspecified atom stereocenters. The highest BCUT2D eigenvalue weighted by atomic mass is 32.1. The summed E-state index contributed by atoms with van der Waals surface area (Å²) in [4.78, 5) is 40.1. The van der Waals surface area contributed by atoms with Gasteiger partial charge in [0.05, 0.1) is 0 Å². The van der Waals surface area contributed by atoms with Crippen molar-refractivity contribution >= 4 is 30.5 Å². The van der Waals surface area contributed by atoms with Crippen LogP contribution >= 0.6 is 12.6 Å². The number of nitrogens with zero attached hydrogens (tertiary/aromatic N) is 1. The Morgan fingerprint density at radius 2 is 1.74 bits per heavy atom. The van der Waals surface area contributed by atoms with Gasteiger partial charge in [0.15, 0.2) is 0 Å². The van der Waals surface area contributed by atoms with Crippen molar-refractivity contribution in [2.24, 2.45) is 0 Å². The molecule has 8 heteroatoms. The fourth-order valence-electron chi connectivity index (χ4n) is 3.09. The number of ether oxygens (including phenoxy) is 1. The van der Waals surface area contributed by atoms with Crippen LogP contribution in [-0.4, -0.2) is 53.3 Å². The highest BCUT2D eigenvalue weighted by Crippen LogP contribution is 2.22. The van der Waals surface area contributed by atoms with Crippen LogP contribution in [0.25, 0.3) is 0 Å². The van der Waals surface area contributed by atoms with Gasteiger partial charge in [0.25, 0.3) is 0 Å². The second-order valence-corrected chi connectivity index (χ2v) is 8.68. The minimum absolute atomic E-state index is 0.0776. The van der Waals surface area contributed by atoms with Gasteiger partial charge in [0.2, 0.25) is 11.8 Å². The Morgan fingerprint density at radius 3 is 2.26 bits per heavy atom. The van der Waals surface area contributed by atoms with Crippen molar-refractivity contribution in [3.63, 3.8) is 0 Å². The maximum Gasteiger partial charge on any atom is 0.408 e. The highest BCUT2D eigenvalue weighted by molar-refractivity contribution is 7.80. The lowest BCUT2D eigenvalue weighted by Crippen LogP contribution is -2.53. The Hall–Kier alpha value is -2.22. The summed E-state index contributed by atoms with van der Waals surface area (Å²) in [6, 6.07) is 7.45. The third-order valence-electron chi connectivity index (χ3n) is 4.55. The molecule has 0 aliphatic carbocycles. The molecular weight excluding hydrogens is 414 g/mol. The van der Waals surface area contributed by atoms with Crippen LogP contribution in [0.15, 0.2) is 30.3 Å². The lowest BCUT2D eigenvalue weighted by molar-refractivity contribution is -0.141. The number of alkyl carbamates (subject to hydrolysis) is 1. The number of rotatable bonds is 11. The molecule has 0 aromatic heterocycles. The molecule has 1 rings (SSSR count). The summed E-state index contributed by atoms with van der Waals surface area (Å²) < 4.78 is 5.27. The van der Waals surface area contributed by atoms with Crippen molar-refractivity contribution in [3.05, 3.63) is 35.9 Å². The largest absolute Gasteiger partial charge is 0.444 e. The zero-order valence-corrected chi connectivity index (χ0v) is 20.2. The van der Waals surface area contributed by atoms with Gasteiger partial charge in [-0.05, 0) is 39.7 Å². The van der Waals surface area contributed by atoms with Crippen LogP contribution in [0.3, 0.4) is 0 Å². The first kappa shape index (κ1) is 26.8. The van der Waals surface area contributed by atoms with Gasteiger partial charge in [-0.25, -0.2) is 4.79 Å². The zero-order valence-electron chi connectivity index (χ0n) is 19.3. The number of hydrogen-bond donors (Lipinski definition) is 3. The molecule has 0 radical (unpaired) electrons. The molecule has 0 aliphatic heterocycles. The standard InChI is InChI=1S/C23H37N3O4S/c1-6-8-12-15-24-20(27)19(17-13-10-9-11-14-17)26(7-2)21(28)18(16-31)25-22(29)30-23(3,4)5/h9-11,13-14,18-19,31H,6-8,12,15-16H2,1-5H3,(H,24,27)(H,25,29). The second-order valence-electron chi connectivity index (χ2n) is 8.32. The lowest BCUT2D eigenvalue weighted by Gasteiger charge is -2.33. The van der Waals surface area contributed by atoms with Gasteiger partial charge in [0, 0.05) is 18.8 Å². The Morgan fingerprint density at radius 1 is 1.10 bits per heavy atom. The molecule has 0 saturated heterocycles. The molecule has 0 bridgehead atoms. The zero-order chi connectivity index (χ0) is 23.4. The third kappa shape index (κ3) is 9.21. The van der Waals surface area contributed by atoms with Crippen molar-refractivity contribution in [3.8, 4) is 0 Å². The van der Waals surface area contributed by atoms with E-state index in [1.54, 1.807) is 27.7 Å². The summed E-state index contributed by atoms with van der Waals surface area (Å²) >= 11 is 4.24. The van der Waals surface area contributed by atoms with Crippen molar-refractivity contribution < 1.29 is 19.1 Å². The van der Waals surface area contributed by atoms with Gasteiger partial charge in [-0.15, -0.1) is 0 Å². The van der Waals surface area contributed by atoms with Crippen molar-refractivity contribution in [2.45, 2.75) is 71.6 Å². The first-order chi connectivity index (χ1) is 14.6. The minimum atomic E-state index is -0.919. The topological polar surface area (TPSA) is 87.7 Å². The van der Waals surface area contributed by atoms with E-state index in [1.807, 2.05) is 30.3 Å². The molecular formula is C23H37N3O4S. The summed E-state index contributed by atoms with van der Waals surface area (Å²) in [5, 5.41) is 5.53. The number of unbranched alkanes of at least 4 members (excludes halogenated alkanes) is 2. The normalized spacial score (nSPS) is 13.1. The first-order valence-electron chi connectivity index (χ1n) is 10.9. The van der Waals surface area contributed by atoms with E-state index in [2.05, 4.69) is 30.2 Å². The van der Waals surface area contributed by atoms with E-state index < -0.39 is 23.8 Å². The fraction of sp³-hybridized carbons (Fsp3) is 0.609. The van der Waals surface area contributed by atoms with Crippen molar-refractivity contribution in [2.75, 3.05) is 18.8 Å². The Bertz CT molecular complexity index is 707. The predicted octanol–water partition coefficient (Wildman–Crippen LogP) is 3.71. The van der Waals surface area contributed by atoms with Crippen LogP contribution in [0.2, 0.25) is 0 Å². The number of hydrogen-bond acceptors (Lipinski definition) is 5. The molecule has 0 aliphatic rings.